The fourth-order valence-electron chi connectivity index (χ4n) is 2.83. The van der Waals surface area contributed by atoms with Gasteiger partial charge in [0, 0.05) is 23.5 Å². The SMILES string of the molecule is CCSC1CCC(NC(=O)c2cc(N)cn2C(C)C)C1. The van der Waals surface area contributed by atoms with Gasteiger partial charge in [-0.1, -0.05) is 6.92 Å². The summed E-state index contributed by atoms with van der Waals surface area (Å²) in [5.41, 5.74) is 7.14. The van der Waals surface area contributed by atoms with Crippen LogP contribution >= 0.6 is 11.8 Å². The lowest BCUT2D eigenvalue weighted by Crippen LogP contribution is -2.34. The van der Waals surface area contributed by atoms with E-state index >= 15 is 0 Å². The Balaban J connectivity index is 1.99. The summed E-state index contributed by atoms with van der Waals surface area (Å²) in [7, 11) is 0. The third kappa shape index (κ3) is 3.51. The molecule has 2 atom stereocenters. The van der Waals surface area contributed by atoms with Crippen LogP contribution in [0.2, 0.25) is 0 Å². The number of rotatable bonds is 5. The Bertz CT molecular complexity index is 470. The summed E-state index contributed by atoms with van der Waals surface area (Å²) in [5.74, 6) is 1.15. The van der Waals surface area contributed by atoms with Crippen molar-refractivity contribution in [1.82, 2.24) is 9.88 Å². The van der Waals surface area contributed by atoms with E-state index in [1.165, 1.54) is 6.42 Å². The van der Waals surface area contributed by atoms with Gasteiger partial charge in [-0.05, 0) is 44.9 Å². The number of carbonyl (C=O) groups excluding carboxylic acids is 1. The van der Waals surface area contributed by atoms with E-state index in [9.17, 15) is 4.79 Å². The highest BCUT2D eigenvalue weighted by atomic mass is 32.2. The number of carbonyl (C=O) groups is 1. The molecule has 0 radical (unpaired) electrons. The Kier molecular flexibility index (Phi) is 5.02. The smallest absolute Gasteiger partial charge is 0.268 e. The second-order valence-electron chi connectivity index (χ2n) is 5.72. The fraction of sp³-hybridized carbons (Fsp3) is 0.667. The van der Waals surface area contributed by atoms with E-state index < -0.39 is 0 Å². The highest BCUT2D eigenvalue weighted by Crippen LogP contribution is 2.30. The number of thioether (sulfide) groups is 1. The van der Waals surface area contributed by atoms with Gasteiger partial charge in [-0.3, -0.25) is 4.79 Å². The molecule has 0 saturated heterocycles. The van der Waals surface area contributed by atoms with Gasteiger partial charge in [0.1, 0.15) is 5.69 Å². The lowest BCUT2D eigenvalue weighted by Gasteiger charge is -2.16. The minimum absolute atomic E-state index is 0.00236. The minimum atomic E-state index is 0.00236. The molecule has 1 fully saturated rings. The quantitative estimate of drug-likeness (QED) is 0.877. The molecule has 1 saturated carbocycles. The standard InChI is InChI=1S/C15H25N3OS/c1-4-20-13-6-5-12(8-13)17-15(19)14-7-11(16)9-18(14)10(2)3/h7,9-10,12-13H,4-6,8,16H2,1-3H3,(H,17,19). The molecule has 20 heavy (non-hydrogen) atoms. The number of aromatic nitrogens is 1. The van der Waals surface area contributed by atoms with Crippen LogP contribution in [0.5, 0.6) is 0 Å². The predicted octanol–water partition coefficient (Wildman–Crippen LogP) is 3.06. The van der Waals surface area contributed by atoms with Gasteiger partial charge in [-0.15, -0.1) is 0 Å². The molecule has 3 N–H and O–H groups in total. The lowest BCUT2D eigenvalue weighted by atomic mass is 10.2. The number of nitrogens with two attached hydrogens (primary N) is 1. The van der Waals surface area contributed by atoms with E-state index in [1.807, 2.05) is 22.5 Å². The first-order valence-electron chi connectivity index (χ1n) is 7.41. The number of anilines is 1. The topological polar surface area (TPSA) is 60.1 Å². The van der Waals surface area contributed by atoms with Gasteiger partial charge in [0.05, 0.1) is 5.69 Å². The lowest BCUT2D eigenvalue weighted by molar-refractivity contribution is 0.0927. The Hall–Kier alpha value is -1.10. The molecular formula is C15H25N3OS. The Labute approximate surface area is 125 Å². The normalized spacial score (nSPS) is 22.4. The largest absolute Gasteiger partial charge is 0.397 e. The van der Waals surface area contributed by atoms with Crippen molar-refractivity contribution < 1.29 is 4.79 Å². The first-order chi connectivity index (χ1) is 9.51. The molecule has 2 rings (SSSR count). The maximum absolute atomic E-state index is 12.4. The van der Waals surface area contributed by atoms with Gasteiger partial charge in [0.2, 0.25) is 0 Å². The van der Waals surface area contributed by atoms with Crippen LogP contribution in [0.15, 0.2) is 12.3 Å². The van der Waals surface area contributed by atoms with Crippen LogP contribution in [0.3, 0.4) is 0 Å². The minimum Gasteiger partial charge on any atom is -0.397 e. The second-order valence-corrected chi connectivity index (χ2v) is 7.30. The number of nitrogens with zero attached hydrogens (tertiary/aromatic N) is 1. The molecule has 0 aliphatic heterocycles. The van der Waals surface area contributed by atoms with Gasteiger partial charge < -0.3 is 15.6 Å². The average molecular weight is 295 g/mol. The molecule has 1 aliphatic carbocycles. The molecule has 0 spiro atoms. The summed E-state index contributed by atoms with van der Waals surface area (Å²) < 4.78 is 1.94. The predicted molar refractivity (Wildman–Crippen MR) is 86.3 cm³/mol. The first-order valence-corrected chi connectivity index (χ1v) is 8.46. The van der Waals surface area contributed by atoms with Crippen LogP contribution in [0.4, 0.5) is 5.69 Å². The first kappa shape index (κ1) is 15.3. The van der Waals surface area contributed by atoms with Crippen molar-refractivity contribution in [2.24, 2.45) is 0 Å². The molecule has 1 aromatic heterocycles. The average Bonchev–Trinajstić information content (AvgIpc) is 2.96. The van der Waals surface area contributed by atoms with E-state index in [0.29, 0.717) is 22.7 Å². The van der Waals surface area contributed by atoms with Crippen molar-refractivity contribution >= 4 is 23.4 Å². The summed E-state index contributed by atoms with van der Waals surface area (Å²) in [6.07, 6.45) is 5.21. The Morgan fingerprint density at radius 2 is 2.30 bits per heavy atom. The molecule has 1 amide bonds. The molecule has 112 valence electrons. The van der Waals surface area contributed by atoms with E-state index in [2.05, 4.69) is 26.1 Å². The molecule has 0 bridgehead atoms. The van der Waals surface area contributed by atoms with E-state index in [4.69, 9.17) is 5.73 Å². The molecule has 4 nitrogen and oxygen atoms in total. The van der Waals surface area contributed by atoms with Crippen LogP contribution in [0.1, 0.15) is 56.6 Å². The summed E-state index contributed by atoms with van der Waals surface area (Å²) >= 11 is 2.00. The Morgan fingerprint density at radius 1 is 1.55 bits per heavy atom. The molecule has 5 heteroatoms. The fourth-order valence-corrected chi connectivity index (χ4v) is 3.97. The van der Waals surface area contributed by atoms with Gasteiger partial charge in [-0.25, -0.2) is 0 Å². The molecule has 1 heterocycles. The van der Waals surface area contributed by atoms with Crippen molar-refractivity contribution in [3.63, 3.8) is 0 Å². The van der Waals surface area contributed by atoms with E-state index in [0.717, 1.165) is 18.6 Å². The van der Waals surface area contributed by atoms with Gasteiger partial charge in [-0.2, -0.15) is 11.8 Å². The zero-order valence-corrected chi connectivity index (χ0v) is 13.4. The number of nitrogens with one attached hydrogen (secondary N) is 1. The summed E-state index contributed by atoms with van der Waals surface area (Å²) in [5, 5.41) is 3.86. The van der Waals surface area contributed by atoms with Crippen LogP contribution in [0, 0.1) is 0 Å². The second kappa shape index (κ2) is 6.57. The number of hydrogen-bond donors (Lipinski definition) is 2. The third-order valence-electron chi connectivity index (χ3n) is 3.78. The molecular weight excluding hydrogens is 270 g/mol. The van der Waals surface area contributed by atoms with Crippen molar-refractivity contribution in [2.45, 2.75) is 57.4 Å². The summed E-state index contributed by atoms with van der Waals surface area (Å²) in [6.45, 7) is 6.30. The highest BCUT2D eigenvalue weighted by molar-refractivity contribution is 7.99. The van der Waals surface area contributed by atoms with Gasteiger partial charge >= 0.3 is 0 Å². The maximum atomic E-state index is 12.4. The van der Waals surface area contributed by atoms with Crippen molar-refractivity contribution in [1.29, 1.82) is 0 Å². The third-order valence-corrected chi connectivity index (χ3v) is 5.01. The van der Waals surface area contributed by atoms with Crippen LogP contribution in [0.25, 0.3) is 0 Å². The molecule has 1 aromatic rings. The number of hydrogen-bond acceptors (Lipinski definition) is 3. The zero-order chi connectivity index (χ0) is 14.7. The summed E-state index contributed by atoms with van der Waals surface area (Å²) in [4.78, 5) is 12.4. The molecule has 1 aliphatic rings. The van der Waals surface area contributed by atoms with Gasteiger partial charge in [0.25, 0.3) is 5.91 Å². The van der Waals surface area contributed by atoms with E-state index in [-0.39, 0.29) is 11.9 Å². The van der Waals surface area contributed by atoms with Gasteiger partial charge in [0.15, 0.2) is 0 Å². The summed E-state index contributed by atoms with van der Waals surface area (Å²) in [6, 6.07) is 2.31. The molecule has 0 aromatic carbocycles. The van der Waals surface area contributed by atoms with Crippen LogP contribution < -0.4 is 11.1 Å². The Morgan fingerprint density at radius 3 is 2.95 bits per heavy atom. The van der Waals surface area contributed by atoms with Crippen LogP contribution in [-0.4, -0.2) is 27.5 Å². The monoisotopic (exact) mass is 295 g/mol. The molecule has 2 unspecified atom stereocenters. The number of nitrogen functional groups attached to an aromatic ring is 1. The van der Waals surface area contributed by atoms with E-state index in [1.54, 1.807) is 6.07 Å². The number of amides is 1. The highest BCUT2D eigenvalue weighted by Gasteiger charge is 2.27. The van der Waals surface area contributed by atoms with Crippen LogP contribution in [-0.2, 0) is 0 Å². The van der Waals surface area contributed by atoms with Crippen molar-refractivity contribution in [3.8, 4) is 0 Å². The van der Waals surface area contributed by atoms with Crippen molar-refractivity contribution in [3.05, 3.63) is 18.0 Å². The zero-order valence-electron chi connectivity index (χ0n) is 12.6. The maximum Gasteiger partial charge on any atom is 0.268 e. The van der Waals surface area contributed by atoms with Crippen molar-refractivity contribution in [2.75, 3.05) is 11.5 Å².